The van der Waals surface area contributed by atoms with Crippen molar-refractivity contribution in [1.29, 1.82) is 0 Å². The quantitative estimate of drug-likeness (QED) is 0.519. The minimum absolute atomic E-state index is 0.562. The predicted molar refractivity (Wildman–Crippen MR) is 96.1 cm³/mol. The van der Waals surface area contributed by atoms with E-state index in [0.717, 1.165) is 0 Å². The molecule has 0 saturated carbocycles. The van der Waals surface area contributed by atoms with Gasteiger partial charge in [-0.15, -0.1) is 0 Å². The van der Waals surface area contributed by atoms with Crippen molar-refractivity contribution in [3.05, 3.63) is 83.9 Å². The van der Waals surface area contributed by atoms with Crippen molar-refractivity contribution < 1.29 is 0 Å². The SMILES string of the molecule is Cc1ccc(-c2ccc(-c3cccc(C(C)C)c3)cc2)cc1. The van der Waals surface area contributed by atoms with Crippen LogP contribution < -0.4 is 0 Å². The van der Waals surface area contributed by atoms with Gasteiger partial charge in [0.05, 0.1) is 0 Å². The fraction of sp³-hybridized carbons (Fsp3) is 0.182. The van der Waals surface area contributed by atoms with Crippen molar-refractivity contribution in [3.8, 4) is 22.3 Å². The molecule has 0 heterocycles. The molecule has 0 bridgehead atoms. The number of hydrogen-bond donors (Lipinski definition) is 0. The third-order valence-corrected chi connectivity index (χ3v) is 4.16. The molecule has 0 amide bonds. The highest BCUT2D eigenvalue weighted by Crippen LogP contribution is 2.27. The van der Waals surface area contributed by atoms with Crippen LogP contribution in [0.3, 0.4) is 0 Å². The minimum atomic E-state index is 0.562. The highest BCUT2D eigenvalue weighted by atomic mass is 14.1. The summed E-state index contributed by atoms with van der Waals surface area (Å²) in [6, 6.07) is 26.4. The van der Waals surface area contributed by atoms with Crippen LogP contribution in [0.4, 0.5) is 0 Å². The van der Waals surface area contributed by atoms with E-state index in [9.17, 15) is 0 Å². The molecular formula is C22H22. The van der Waals surface area contributed by atoms with Crippen molar-refractivity contribution in [2.24, 2.45) is 0 Å². The maximum absolute atomic E-state index is 2.30. The molecule has 0 aromatic heterocycles. The fourth-order valence-electron chi connectivity index (χ4n) is 2.68. The van der Waals surface area contributed by atoms with Crippen LogP contribution in [0.15, 0.2) is 72.8 Å². The minimum Gasteiger partial charge on any atom is -0.0614 e. The molecule has 0 aliphatic rings. The average molecular weight is 286 g/mol. The monoisotopic (exact) mass is 286 g/mol. The summed E-state index contributed by atoms with van der Waals surface area (Å²) in [4.78, 5) is 0. The van der Waals surface area contributed by atoms with Gasteiger partial charge in [-0.3, -0.25) is 0 Å². The van der Waals surface area contributed by atoms with E-state index in [1.807, 2.05) is 0 Å². The van der Waals surface area contributed by atoms with Crippen molar-refractivity contribution in [3.63, 3.8) is 0 Å². The van der Waals surface area contributed by atoms with E-state index in [2.05, 4.69) is 93.6 Å². The molecule has 0 heteroatoms. The van der Waals surface area contributed by atoms with Gasteiger partial charge in [-0.25, -0.2) is 0 Å². The molecule has 0 radical (unpaired) electrons. The van der Waals surface area contributed by atoms with Gasteiger partial charge in [-0.2, -0.15) is 0 Å². The van der Waals surface area contributed by atoms with Crippen molar-refractivity contribution >= 4 is 0 Å². The van der Waals surface area contributed by atoms with Crippen molar-refractivity contribution in [2.75, 3.05) is 0 Å². The van der Waals surface area contributed by atoms with Crippen LogP contribution >= 0.6 is 0 Å². The lowest BCUT2D eigenvalue weighted by Crippen LogP contribution is -1.88. The normalized spacial score (nSPS) is 10.9. The molecule has 3 rings (SSSR count). The Kier molecular flexibility index (Phi) is 4.11. The van der Waals surface area contributed by atoms with Crippen molar-refractivity contribution in [2.45, 2.75) is 26.7 Å². The van der Waals surface area contributed by atoms with E-state index in [4.69, 9.17) is 0 Å². The molecule has 0 aliphatic heterocycles. The van der Waals surface area contributed by atoms with Crippen LogP contribution in [0.25, 0.3) is 22.3 Å². The van der Waals surface area contributed by atoms with Crippen LogP contribution in [0.5, 0.6) is 0 Å². The Morgan fingerprint density at radius 2 is 1.09 bits per heavy atom. The first-order chi connectivity index (χ1) is 10.6. The summed E-state index contributed by atoms with van der Waals surface area (Å²) in [6.07, 6.45) is 0. The molecule has 0 N–H and O–H groups in total. The van der Waals surface area contributed by atoms with E-state index in [-0.39, 0.29) is 0 Å². The molecule has 3 aromatic rings. The zero-order valence-corrected chi connectivity index (χ0v) is 13.5. The number of hydrogen-bond acceptors (Lipinski definition) is 0. The van der Waals surface area contributed by atoms with E-state index in [1.54, 1.807) is 0 Å². The molecule has 0 fully saturated rings. The second-order valence-electron chi connectivity index (χ2n) is 6.22. The van der Waals surface area contributed by atoms with E-state index in [1.165, 1.54) is 33.4 Å². The Balaban J connectivity index is 1.91. The third-order valence-electron chi connectivity index (χ3n) is 4.16. The summed E-state index contributed by atoms with van der Waals surface area (Å²) in [5.41, 5.74) is 7.79. The molecule has 22 heavy (non-hydrogen) atoms. The second-order valence-corrected chi connectivity index (χ2v) is 6.22. The molecule has 110 valence electrons. The van der Waals surface area contributed by atoms with Crippen LogP contribution in [0.1, 0.15) is 30.9 Å². The highest BCUT2D eigenvalue weighted by Gasteiger charge is 2.03. The smallest absolute Gasteiger partial charge is 0.0181 e. The standard InChI is InChI=1S/C22H22/c1-16(2)21-5-4-6-22(15-21)20-13-11-19(12-14-20)18-9-7-17(3)8-10-18/h4-16H,1-3H3. The number of rotatable bonds is 3. The Labute approximate surface area is 133 Å². The summed E-state index contributed by atoms with van der Waals surface area (Å²) in [7, 11) is 0. The van der Waals surface area contributed by atoms with Gasteiger partial charge in [0.25, 0.3) is 0 Å². The first-order valence-corrected chi connectivity index (χ1v) is 7.91. The maximum Gasteiger partial charge on any atom is -0.0181 e. The Bertz CT molecular complexity index is 747. The molecule has 0 atom stereocenters. The van der Waals surface area contributed by atoms with Gasteiger partial charge in [0.1, 0.15) is 0 Å². The lowest BCUT2D eigenvalue weighted by Gasteiger charge is -2.09. The molecule has 0 aliphatic carbocycles. The summed E-state index contributed by atoms with van der Waals surface area (Å²) in [6.45, 7) is 6.59. The van der Waals surface area contributed by atoms with Gasteiger partial charge in [0.2, 0.25) is 0 Å². The van der Waals surface area contributed by atoms with Crippen LogP contribution in [-0.2, 0) is 0 Å². The van der Waals surface area contributed by atoms with E-state index >= 15 is 0 Å². The van der Waals surface area contributed by atoms with E-state index in [0.29, 0.717) is 5.92 Å². The van der Waals surface area contributed by atoms with Crippen molar-refractivity contribution in [1.82, 2.24) is 0 Å². The Hall–Kier alpha value is -2.34. The summed E-state index contributed by atoms with van der Waals surface area (Å²) < 4.78 is 0. The third kappa shape index (κ3) is 3.12. The zero-order valence-electron chi connectivity index (χ0n) is 13.5. The number of aryl methyl sites for hydroxylation is 1. The van der Waals surface area contributed by atoms with Gasteiger partial charge in [-0.1, -0.05) is 92.2 Å². The predicted octanol–water partition coefficient (Wildman–Crippen LogP) is 6.45. The first-order valence-electron chi connectivity index (χ1n) is 7.91. The van der Waals surface area contributed by atoms with E-state index < -0.39 is 0 Å². The zero-order chi connectivity index (χ0) is 15.5. The topological polar surface area (TPSA) is 0 Å². The molecular weight excluding hydrogens is 264 g/mol. The number of benzene rings is 3. The second kappa shape index (κ2) is 6.19. The van der Waals surface area contributed by atoms with Gasteiger partial charge >= 0.3 is 0 Å². The van der Waals surface area contributed by atoms with Gasteiger partial charge in [0, 0.05) is 0 Å². The average Bonchev–Trinajstić information content (AvgIpc) is 2.56. The first kappa shape index (κ1) is 14.6. The lowest BCUT2D eigenvalue weighted by molar-refractivity contribution is 0.867. The highest BCUT2D eigenvalue weighted by molar-refractivity contribution is 5.70. The summed E-state index contributed by atoms with van der Waals surface area (Å²) in [5.74, 6) is 0.562. The van der Waals surface area contributed by atoms with Crippen LogP contribution in [0, 0.1) is 6.92 Å². The lowest BCUT2D eigenvalue weighted by atomic mass is 9.96. The fourth-order valence-corrected chi connectivity index (χ4v) is 2.68. The molecule has 0 saturated heterocycles. The van der Waals surface area contributed by atoms with Crippen LogP contribution in [-0.4, -0.2) is 0 Å². The van der Waals surface area contributed by atoms with Gasteiger partial charge in [-0.05, 0) is 40.7 Å². The van der Waals surface area contributed by atoms with Crippen LogP contribution in [0.2, 0.25) is 0 Å². The van der Waals surface area contributed by atoms with Gasteiger partial charge < -0.3 is 0 Å². The summed E-state index contributed by atoms with van der Waals surface area (Å²) >= 11 is 0. The molecule has 0 spiro atoms. The molecule has 0 unspecified atom stereocenters. The maximum atomic E-state index is 2.30. The molecule has 3 aromatic carbocycles. The Morgan fingerprint density at radius 3 is 1.64 bits per heavy atom. The Morgan fingerprint density at radius 1 is 0.591 bits per heavy atom. The largest absolute Gasteiger partial charge is 0.0614 e. The summed E-state index contributed by atoms with van der Waals surface area (Å²) in [5, 5.41) is 0. The van der Waals surface area contributed by atoms with Gasteiger partial charge in [0.15, 0.2) is 0 Å². The molecule has 0 nitrogen and oxygen atoms in total.